The number of aliphatic hydroxyl groups is 1. The van der Waals surface area contributed by atoms with Crippen molar-refractivity contribution in [1.29, 1.82) is 0 Å². The quantitative estimate of drug-likeness (QED) is 0.721. The predicted molar refractivity (Wildman–Crippen MR) is 92.8 cm³/mol. The van der Waals surface area contributed by atoms with Crippen LogP contribution < -0.4 is 0 Å². The Hall–Kier alpha value is -2.59. The number of hydrogen-bond acceptors (Lipinski definition) is 4. The Kier molecular flexibility index (Phi) is 3.06. The molecule has 0 radical (unpaired) electrons. The van der Waals surface area contributed by atoms with E-state index < -0.39 is 6.10 Å². The molecule has 0 amide bonds. The first-order valence-electron chi connectivity index (χ1n) is 8.55. The highest BCUT2D eigenvalue weighted by Crippen LogP contribution is 2.60. The third-order valence-corrected chi connectivity index (χ3v) is 5.90. The number of hydrogen-bond donors (Lipinski definition) is 1. The summed E-state index contributed by atoms with van der Waals surface area (Å²) < 4.78 is 10.5. The molecule has 0 aliphatic heterocycles. The number of furan rings is 1. The highest BCUT2D eigenvalue weighted by Gasteiger charge is 2.51. The van der Waals surface area contributed by atoms with Crippen LogP contribution in [0.1, 0.15) is 51.2 Å². The van der Waals surface area contributed by atoms with Crippen LogP contribution in [0.15, 0.2) is 53.1 Å². The third-order valence-electron chi connectivity index (χ3n) is 5.90. The van der Waals surface area contributed by atoms with E-state index in [2.05, 4.69) is 0 Å². The summed E-state index contributed by atoms with van der Waals surface area (Å²) in [5, 5.41) is 12.1. The molecule has 1 N–H and O–H groups in total. The first-order chi connectivity index (χ1) is 12.2. The van der Waals surface area contributed by atoms with Gasteiger partial charge in [0.25, 0.3) is 0 Å². The van der Waals surface area contributed by atoms with Gasteiger partial charge >= 0.3 is 5.97 Å². The zero-order valence-electron chi connectivity index (χ0n) is 13.8. The van der Waals surface area contributed by atoms with Crippen molar-refractivity contribution in [3.63, 3.8) is 0 Å². The number of para-hydroxylation sites is 1. The summed E-state index contributed by atoms with van der Waals surface area (Å²) in [5.74, 6) is 0.00791. The van der Waals surface area contributed by atoms with Gasteiger partial charge in [0.1, 0.15) is 5.58 Å². The van der Waals surface area contributed by atoms with Gasteiger partial charge in [-0.1, -0.05) is 24.3 Å². The molecule has 1 heterocycles. The van der Waals surface area contributed by atoms with E-state index >= 15 is 0 Å². The van der Waals surface area contributed by atoms with Gasteiger partial charge in [0.05, 0.1) is 25.0 Å². The maximum atomic E-state index is 11.8. The summed E-state index contributed by atoms with van der Waals surface area (Å²) >= 11 is 0. The average molecular weight is 334 g/mol. The van der Waals surface area contributed by atoms with Crippen LogP contribution >= 0.6 is 0 Å². The molecule has 2 bridgehead atoms. The molecule has 1 fully saturated rings. The monoisotopic (exact) mass is 334 g/mol. The molecule has 25 heavy (non-hydrogen) atoms. The van der Waals surface area contributed by atoms with Gasteiger partial charge in [0, 0.05) is 22.8 Å². The van der Waals surface area contributed by atoms with Crippen molar-refractivity contribution in [1.82, 2.24) is 0 Å². The predicted octanol–water partition coefficient (Wildman–Crippen LogP) is 3.95. The molecule has 4 atom stereocenters. The first-order valence-corrected chi connectivity index (χ1v) is 8.55. The highest BCUT2D eigenvalue weighted by molar-refractivity contribution is 5.90. The Morgan fingerprint density at radius 3 is 2.80 bits per heavy atom. The van der Waals surface area contributed by atoms with Crippen LogP contribution in [0, 0.1) is 0 Å². The Labute approximate surface area is 145 Å². The van der Waals surface area contributed by atoms with Gasteiger partial charge in [-0.15, -0.1) is 0 Å². The van der Waals surface area contributed by atoms with E-state index in [1.165, 1.54) is 12.7 Å². The van der Waals surface area contributed by atoms with Crippen LogP contribution in [0.25, 0.3) is 11.0 Å². The molecule has 126 valence electrons. The molecule has 2 aromatic carbocycles. The van der Waals surface area contributed by atoms with Crippen LogP contribution in [-0.2, 0) is 4.74 Å². The lowest BCUT2D eigenvalue weighted by Crippen LogP contribution is -2.25. The fourth-order valence-electron chi connectivity index (χ4n) is 4.81. The van der Waals surface area contributed by atoms with Crippen LogP contribution in [0.5, 0.6) is 0 Å². The van der Waals surface area contributed by atoms with Gasteiger partial charge in [-0.25, -0.2) is 4.79 Å². The molecule has 1 saturated carbocycles. The Balaban J connectivity index is 1.60. The number of ether oxygens (including phenoxy) is 1. The second-order valence-electron chi connectivity index (χ2n) is 6.99. The third kappa shape index (κ3) is 1.94. The molecule has 2 aliphatic rings. The minimum Gasteiger partial charge on any atom is -0.465 e. The number of aliphatic hydroxyl groups excluding tert-OH is 1. The van der Waals surface area contributed by atoms with Gasteiger partial charge in [-0.3, -0.25) is 0 Å². The van der Waals surface area contributed by atoms with Crippen molar-refractivity contribution in [2.75, 3.05) is 7.11 Å². The lowest BCUT2D eigenvalue weighted by Gasteiger charge is -2.29. The Bertz CT molecular complexity index is 986. The van der Waals surface area contributed by atoms with E-state index in [-0.39, 0.29) is 23.7 Å². The van der Waals surface area contributed by atoms with Crippen molar-refractivity contribution in [3.8, 4) is 0 Å². The molecular weight excluding hydrogens is 316 g/mol. The zero-order valence-corrected chi connectivity index (χ0v) is 13.8. The summed E-state index contributed by atoms with van der Waals surface area (Å²) in [6.45, 7) is 0. The molecule has 0 spiro atoms. The number of benzene rings is 2. The van der Waals surface area contributed by atoms with Crippen LogP contribution in [-0.4, -0.2) is 24.3 Å². The number of fused-ring (bicyclic) bond motifs is 6. The molecule has 1 aromatic heterocycles. The van der Waals surface area contributed by atoms with Gasteiger partial charge in [0.2, 0.25) is 0 Å². The molecular formula is C21H18O4. The van der Waals surface area contributed by atoms with E-state index in [1.807, 2.05) is 42.5 Å². The van der Waals surface area contributed by atoms with Crippen molar-refractivity contribution in [3.05, 3.63) is 71.0 Å². The number of rotatable bonds is 2. The Morgan fingerprint density at radius 2 is 1.96 bits per heavy atom. The first kappa shape index (κ1) is 14.7. The zero-order chi connectivity index (χ0) is 17.1. The van der Waals surface area contributed by atoms with Crippen molar-refractivity contribution >= 4 is 16.9 Å². The van der Waals surface area contributed by atoms with E-state index in [9.17, 15) is 9.90 Å². The van der Waals surface area contributed by atoms with Gasteiger partial charge < -0.3 is 14.3 Å². The SMILES string of the molecule is COC(=O)c1ccc2c(c1)[C@@H]1C[C@H]2[C@H](c2coc3ccccc23)C1O. The number of carbonyl (C=O) groups is 1. The molecule has 2 aliphatic carbocycles. The van der Waals surface area contributed by atoms with E-state index in [0.29, 0.717) is 5.56 Å². The van der Waals surface area contributed by atoms with Crippen LogP contribution in [0.4, 0.5) is 0 Å². The van der Waals surface area contributed by atoms with E-state index in [4.69, 9.17) is 9.15 Å². The highest BCUT2D eigenvalue weighted by atomic mass is 16.5. The summed E-state index contributed by atoms with van der Waals surface area (Å²) in [7, 11) is 1.39. The molecule has 0 saturated heterocycles. The number of methoxy groups -OCH3 is 1. The molecule has 4 heteroatoms. The normalized spacial score (nSPS) is 26.8. The van der Waals surface area contributed by atoms with Crippen molar-refractivity contribution in [2.24, 2.45) is 0 Å². The van der Waals surface area contributed by atoms with E-state index in [1.54, 1.807) is 6.26 Å². The summed E-state index contributed by atoms with van der Waals surface area (Å²) in [6.07, 6.45) is 2.24. The van der Waals surface area contributed by atoms with Crippen LogP contribution in [0.2, 0.25) is 0 Å². The number of carbonyl (C=O) groups excluding carboxylic acids is 1. The van der Waals surface area contributed by atoms with Gasteiger partial charge in [-0.05, 0) is 41.7 Å². The molecule has 4 nitrogen and oxygen atoms in total. The molecule has 3 aromatic rings. The summed E-state index contributed by atoms with van der Waals surface area (Å²) in [4.78, 5) is 11.8. The fourth-order valence-corrected chi connectivity index (χ4v) is 4.81. The molecule has 1 unspecified atom stereocenters. The topological polar surface area (TPSA) is 59.7 Å². The second-order valence-corrected chi connectivity index (χ2v) is 6.99. The molecule has 5 rings (SSSR count). The number of esters is 1. The lowest BCUT2D eigenvalue weighted by molar-refractivity contribution is 0.0600. The van der Waals surface area contributed by atoms with Crippen molar-refractivity contribution < 1.29 is 19.1 Å². The lowest BCUT2D eigenvalue weighted by atomic mass is 9.77. The maximum Gasteiger partial charge on any atom is 0.337 e. The smallest absolute Gasteiger partial charge is 0.337 e. The van der Waals surface area contributed by atoms with Crippen molar-refractivity contribution in [2.45, 2.75) is 30.3 Å². The standard InChI is InChI=1S/C21H18O4/c1-24-21(23)11-6-7-12-14(8-11)16-9-15(12)19(20(16)22)17-10-25-18-5-3-2-4-13(17)18/h2-8,10,15-16,19-20,22H,9H2,1H3/t15-,16+,19-,20?/m1/s1. The minimum absolute atomic E-state index is 0.0325. The Morgan fingerprint density at radius 1 is 1.12 bits per heavy atom. The van der Waals surface area contributed by atoms with Gasteiger partial charge in [0.15, 0.2) is 0 Å². The van der Waals surface area contributed by atoms with Crippen LogP contribution in [0.3, 0.4) is 0 Å². The second kappa shape index (κ2) is 5.20. The van der Waals surface area contributed by atoms with Gasteiger partial charge in [-0.2, -0.15) is 0 Å². The minimum atomic E-state index is -0.466. The maximum absolute atomic E-state index is 11.8. The summed E-state index contributed by atoms with van der Waals surface area (Å²) in [6, 6.07) is 13.7. The van der Waals surface area contributed by atoms with E-state index in [0.717, 1.165) is 28.5 Å². The largest absolute Gasteiger partial charge is 0.465 e. The fraction of sp³-hybridized carbons (Fsp3) is 0.286. The summed E-state index contributed by atoms with van der Waals surface area (Å²) in [5.41, 5.74) is 4.81. The average Bonchev–Trinajstić information content (AvgIpc) is 3.32.